The Bertz CT molecular complexity index is 834. The van der Waals surface area contributed by atoms with Crippen LogP contribution in [0.2, 0.25) is 0 Å². The highest BCUT2D eigenvalue weighted by atomic mass is 16.5. The molecule has 1 N–H and O–H groups in total. The fourth-order valence-electron chi connectivity index (χ4n) is 2.67. The Morgan fingerprint density at radius 3 is 2.48 bits per heavy atom. The lowest BCUT2D eigenvalue weighted by Gasteiger charge is -2.17. The molecule has 0 amide bonds. The molecule has 0 heterocycles. The van der Waals surface area contributed by atoms with Gasteiger partial charge in [-0.1, -0.05) is 60.7 Å². The van der Waals surface area contributed by atoms with Crippen molar-refractivity contribution in [2.75, 3.05) is 0 Å². The van der Waals surface area contributed by atoms with Crippen LogP contribution in [-0.2, 0) is 11.2 Å². The van der Waals surface area contributed by atoms with Gasteiger partial charge >= 0.3 is 5.97 Å². The van der Waals surface area contributed by atoms with Gasteiger partial charge in [-0.3, -0.25) is 0 Å². The van der Waals surface area contributed by atoms with E-state index in [1.54, 1.807) is 0 Å². The molecule has 0 fully saturated rings. The minimum absolute atomic E-state index is 0.339. The molecule has 3 rings (SSSR count). The monoisotopic (exact) mass is 306 g/mol. The number of ether oxygens (including phenoxy) is 1. The molecular formula is C20H18O3. The molecule has 3 aromatic rings. The molecule has 3 heteroatoms. The number of fused-ring (bicyclic) bond motifs is 1. The van der Waals surface area contributed by atoms with E-state index in [9.17, 15) is 9.90 Å². The Hall–Kier alpha value is -2.81. The molecule has 116 valence electrons. The fourth-order valence-corrected chi connectivity index (χ4v) is 2.67. The van der Waals surface area contributed by atoms with Crippen molar-refractivity contribution in [1.82, 2.24) is 0 Å². The van der Waals surface area contributed by atoms with Crippen molar-refractivity contribution in [3.63, 3.8) is 0 Å². The topological polar surface area (TPSA) is 46.5 Å². The van der Waals surface area contributed by atoms with Crippen molar-refractivity contribution >= 4 is 16.7 Å². The van der Waals surface area contributed by atoms with Crippen LogP contribution in [0.3, 0.4) is 0 Å². The van der Waals surface area contributed by atoms with E-state index in [4.69, 9.17) is 4.74 Å². The second-order valence-electron chi connectivity index (χ2n) is 5.55. The largest absolute Gasteiger partial charge is 0.478 e. The number of aliphatic carboxylic acids is 1. The molecule has 0 aliphatic rings. The molecule has 0 spiro atoms. The summed E-state index contributed by atoms with van der Waals surface area (Å²) in [4.78, 5) is 11.6. The molecule has 0 bridgehead atoms. The summed E-state index contributed by atoms with van der Waals surface area (Å²) in [5.41, 5.74) is 2.06. The minimum atomic E-state index is -0.957. The molecule has 0 unspecified atom stereocenters. The number of carboxylic acid groups (broad SMARTS) is 1. The van der Waals surface area contributed by atoms with Crippen LogP contribution in [-0.4, -0.2) is 17.2 Å². The zero-order valence-electron chi connectivity index (χ0n) is 12.9. The molecule has 3 nitrogen and oxygen atoms in total. The minimum Gasteiger partial charge on any atom is -0.478 e. The van der Waals surface area contributed by atoms with Crippen LogP contribution >= 0.6 is 0 Å². The van der Waals surface area contributed by atoms with Crippen molar-refractivity contribution in [2.45, 2.75) is 19.4 Å². The van der Waals surface area contributed by atoms with Crippen LogP contribution in [0, 0.1) is 6.92 Å². The quantitative estimate of drug-likeness (QED) is 0.767. The Labute approximate surface area is 135 Å². The van der Waals surface area contributed by atoms with Gasteiger partial charge in [-0.25, -0.2) is 4.79 Å². The third kappa shape index (κ3) is 3.34. The first-order chi connectivity index (χ1) is 11.1. The zero-order valence-corrected chi connectivity index (χ0v) is 12.9. The Balaban J connectivity index is 1.90. The third-order valence-electron chi connectivity index (χ3n) is 3.96. The van der Waals surface area contributed by atoms with E-state index in [1.165, 1.54) is 0 Å². The first kappa shape index (κ1) is 15.1. The highest BCUT2D eigenvalue weighted by Gasteiger charge is 2.21. The van der Waals surface area contributed by atoms with Gasteiger partial charge in [0.05, 0.1) is 0 Å². The van der Waals surface area contributed by atoms with Crippen molar-refractivity contribution in [2.24, 2.45) is 0 Å². The molecule has 3 aromatic carbocycles. The van der Waals surface area contributed by atoms with Gasteiger partial charge in [-0.2, -0.15) is 0 Å². The van der Waals surface area contributed by atoms with E-state index in [-0.39, 0.29) is 0 Å². The lowest BCUT2D eigenvalue weighted by Crippen LogP contribution is -2.29. The van der Waals surface area contributed by atoms with Crippen LogP contribution in [0.25, 0.3) is 10.8 Å². The van der Waals surface area contributed by atoms with Crippen molar-refractivity contribution in [1.29, 1.82) is 0 Å². The average Bonchev–Trinajstić information content (AvgIpc) is 2.56. The van der Waals surface area contributed by atoms with E-state index in [0.29, 0.717) is 12.2 Å². The van der Waals surface area contributed by atoms with Gasteiger partial charge in [0.1, 0.15) is 5.75 Å². The highest BCUT2D eigenvalue weighted by Crippen LogP contribution is 2.27. The highest BCUT2D eigenvalue weighted by molar-refractivity contribution is 5.88. The van der Waals surface area contributed by atoms with Gasteiger partial charge in [0.2, 0.25) is 0 Å². The van der Waals surface area contributed by atoms with E-state index in [2.05, 4.69) is 0 Å². The summed E-state index contributed by atoms with van der Waals surface area (Å²) in [5.74, 6) is -0.356. The predicted octanol–water partition coefficient (Wildman–Crippen LogP) is 4.22. The Morgan fingerprint density at radius 2 is 1.70 bits per heavy atom. The van der Waals surface area contributed by atoms with Gasteiger partial charge < -0.3 is 9.84 Å². The molecule has 0 aliphatic heterocycles. The molecular weight excluding hydrogens is 288 g/mol. The third-order valence-corrected chi connectivity index (χ3v) is 3.96. The number of hydrogen-bond acceptors (Lipinski definition) is 2. The number of hydrogen-bond donors (Lipinski definition) is 1. The number of aryl methyl sites for hydroxylation is 1. The summed E-state index contributed by atoms with van der Waals surface area (Å²) in [6, 6.07) is 21.3. The van der Waals surface area contributed by atoms with E-state index in [1.807, 2.05) is 73.7 Å². The Kier molecular flexibility index (Phi) is 4.29. The number of carbonyl (C=O) groups is 1. The average molecular weight is 306 g/mol. The Morgan fingerprint density at radius 1 is 1.00 bits per heavy atom. The second kappa shape index (κ2) is 6.53. The first-order valence-electron chi connectivity index (χ1n) is 7.57. The van der Waals surface area contributed by atoms with Gasteiger partial charge in [-0.15, -0.1) is 0 Å². The number of carboxylic acids is 1. The number of benzene rings is 3. The van der Waals surface area contributed by atoms with E-state index >= 15 is 0 Å². The summed E-state index contributed by atoms with van der Waals surface area (Å²) in [7, 11) is 0. The lowest BCUT2D eigenvalue weighted by atomic mass is 10.0. The molecule has 0 aromatic heterocycles. The summed E-state index contributed by atoms with van der Waals surface area (Å²) < 4.78 is 5.85. The van der Waals surface area contributed by atoms with Crippen LogP contribution in [0.4, 0.5) is 0 Å². The predicted molar refractivity (Wildman–Crippen MR) is 90.9 cm³/mol. The van der Waals surface area contributed by atoms with Crippen LogP contribution in [0.1, 0.15) is 11.1 Å². The van der Waals surface area contributed by atoms with Gasteiger partial charge in [0.15, 0.2) is 6.10 Å². The zero-order chi connectivity index (χ0) is 16.2. The summed E-state index contributed by atoms with van der Waals surface area (Å²) in [6.07, 6.45) is -0.576. The van der Waals surface area contributed by atoms with E-state index < -0.39 is 12.1 Å². The maximum absolute atomic E-state index is 11.6. The molecule has 0 radical (unpaired) electrons. The summed E-state index contributed by atoms with van der Waals surface area (Å²) in [5, 5.41) is 11.5. The maximum atomic E-state index is 11.6. The summed E-state index contributed by atoms with van der Waals surface area (Å²) >= 11 is 0. The van der Waals surface area contributed by atoms with Crippen LogP contribution in [0.15, 0.2) is 66.7 Å². The maximum Gasteiger partial charge on any atom is 0.345 e. The van der Waals surface area contributed by atoms with Crippen LogP contribution in [0.5, 0.6) is 5.75 Å². The smallest absolute Gasteiger partial charge is 0.345 e. The van der Waals surface area contributed by atoms with Crippen molar-refractivity contribution < 1.29 is 14.6 Å². The van der Waals surface area contributed by atoms with E-state index in [0.717, 1.165) is 21.9 Å². The second-order valence-corrected chi connectivity index (χ2v) is 5.55. The SMILES string of the molecule is Cc1ccccc1C[C@H](Oc1cccc2ccccc12)C(=O)O. The molecule has 0 saturated heterocycles. The summed E-state index contributed by atoms with van der Waals surface area (Å²) in [6.45, 7) is 1.98. The lowest BCUT2D eigenvalue weighted by molar-refractivity contribution is -0.144. The molecule has 1 atom stereocenters. The van der Waals surface area contributed by atoms with Gasteiger partial charge in [0, 0.05) is 11.8 Å². The van der Waals surface area contributed by atoms with Crippen LogP contribution < -0.4 is 4.74 Å². The number of rotatable bonds is 5. The molecule has 0 saturated carbocycles. The van der Waals surface area contributed by atoms with Gasteiger partial charge in [-0.05, 0) is 29.5 Å². The standard InChI is InChI=1S/C20H18O3/c1-14-7-2-3-9-16(14)13-19(20(21)22)23-18-12-6-10-15-8-4-5-11-17(15)18/h2-12,19H,13H2,1H3,(H,21,22)/t19-/m0/s1. The van der Waals surface area contributed by atoms with Crippen molar-refractivity contribution in [3.05, 3.63) is 77.9 Å². The normalized spacial score (nSPS) is 12.0. The van der Waals surface area contributed by atoms with Gasteiger partial charge in [0.25, 0.3) is 0 Å². The molecule has 23 heavy (non-hydrogen) atoms. The molecule has 0 aliphatic carbocycles. The fraction of sp³-hybridized carbons (Fsp3) is 0.150. The first-order valence-corrected chi connectivity index (χ1v) is 7.57. The van der Waals surface area contributed by atoms with Crippen molar-refractivity contribution in [3.8, 4) is 5.75 Å².